The van der Waals surface area contributed by atoms with Crippen molar-refractivity contribution in [3.63, 3.8) is 0 Å². The zero-order valence-corrected chi connectivity index (χ0v) is 14.0. The van der Waals surface area contributed by atoms with E-state index in [9.17, 15) is 14.7 Å². The molecular formula is C18H16N4O5. The van der Waals surface area contributed by atoms with Crippen molar-refractivity contribution in [3.05, 3.63) is 60.0 Å². The largest absolute Gasteiger partial charge is 0.508 e. The predicted molar refractivity (Wildman–Crippen MR) is 95.1 cm³/mol. The molecule has 0 fully saturated rings. The number of aromatic nitrogens is 2. The van der Waals surface area contributed by atoms with E-state index in [1.54, 1.807) is 24.3 Å². The lowest BCUT2D eigenvalue weighted by Gasteiger charge is -2.12. The summed E-state index contributed by atoms with van der Waals surface area (Å²) in [6.07, 6.45) is -0.0217. The molecule has 1 aromatic heterocycles. The van der Waals surface area contributed by atoms with Gasteiger partial charge in [-0.05, 0) is 36.4 Å². The molecule has 1 amide bonds. The number of hydrogen-bond acceptors (Lipinski definition) is 7. The molecule has 27 heavy (non-hydrogen) atoms. The number of benzene rings is 2. The number of para-hydroxylation sites is 1. The third-order valence-corrected chi connectivity index (χ3v) is 3.74. The fraction of sp³-hybridized carbons (Fsp3) is 0.111. The first-order valence-corrected chi connectivity index (χ1v) is 7.95. The molecule has 138 valence electrons. The molecule has 1 atom stereocenters. The average Bonchev–Trinajstić information content (AvgIpc) is 3.11. The minimum Gasteiger partial charge on any atom is -0.508 e. The molecule has 9 nitrogen and oxygen atoms in total. The monoisotopic (exact) mass is 368 g/mol. The van der Waals surface area contributed by atoms with E-state index in [-0.39, 0.29) is 29.3 Å². The Kier molecular flexibility index (Phi) is 5.13. The lowest BCUT2D eigenvalue weighted by atomic mass is 10.1. The molecule has 2 aromatic carbocycles. The highest BCUT2D eigenvalue weighted by atomic mass is 16.5. The maximum Gasteiger partial charge on any atom is 0.337 e. The van der Waals surface area contributed by atoms with Crippen LogP contribution in [-0.4, -0.2) is 38.3 Å². The van der Waals surface area contributed by atoms with Crippen LogP contribution in [0, 0.1) is 0 Å². The van der Waals surface area contributed by atoms with Gasteiger partial charge in [-0.2, -0.15) is 4.98 Å². The normalized spacial score (nSPS) is 11.7. The van der Waals surface area contributed by atoms with Crippen LogP contribution in [0.25, 0.3) is 11.4 Å². The van der Waals surface area contributed by atoms with E-state index < -0.39 is 17.9 Å². The summed E-state index contributed by atoms with van der Waals surface area (Å²) in [7, 11) is 0. The summed E-state index contributed by atoms with van der Waals surface area (Å²) in [4.78, 5) is 27.6. The number of nitrogens with two attached hydrogens (primary N) is 1. The van der Waals surface area contributed by atoms with E-state index >= 15 is 0 Å². The van der Waals surface area contributed by atoms with E-state index in [0.717, 1.165) is 0 Å². The predicted octanol–water partition coefficient (Wildman–Crippen LogP) is 1.65. The summed E-state index contributed by atoms with van der Waals surface area (Å²) in [5.74, 6) is -1.16. The van der Waals surface area contributed by atoms with E-state index in [2.05, 4.69) is 15.5 Å². The van der Waals surface area contributed by atoms with Gasteiger partial charge in [0.25, 0.3) is 0 Å². The van der Waals surface area contributed by atoms with Gasteiger partial charge in [-0.3, -0.25) is 4.79 Å². The van der Waals surface area contributed by atoms with Gasteiger partial charge in [0.2, 0.25) is 17.6 Å². The van der Waals surface area contributed by atoms with Gasteiger partial charge < -0.3 is 25.8 Å². The molecule has 0 spiro atoms. The van der Waals surface area contributed by atoms with Gasteiger partial charge in [0, 0.05) is 5.56 Å². The van der Waals surface area contributed by atoms with E-state index in [1.165, 1.54) is 24.3 Å². The highest BCUT2D eigenvalue weighted by molar-refractivity contribution is 6.02. The molecule has 3 rings (SSSR count). The Hall–Kier alpha value is -3.72. The molecule has 0 aliphatic heterocycles. The molecule has 9 heteroatoms. The fourth-order valence-corrected chi connectivity index (χ4v) is 2.35. The van der Waals surface area contributed by atoms with Crippen LogP contribution in [0.2, 0.25) is 0 Å². The lowest BCUT2D eigenvalue weighted by molar-refractivity contribution is -0.117. The van der Waals surface area contributed by atoms with Crippen LogP contribution in [0.3, 0.4) is 0 Å². The number of aromatic carboxylic acids is 1. The van der Waals surface area contributed by atoms with Gasteiger partial charge >= 0.3 is 5.97 Å². The molecule has 1 heterocycles. The van der Waals surface area contributed by atoms with Gasteiger partial charge in [-0.25, -0.2) is 4.79 Å². The number of amides is 1. The second kappa shape index (κ2) is 7.67. The van der Waals surface area contributed by atoms with Crippen molar-refractivity contribution in [2.24, 2.45) is 5.73 Å². The van der Waals surface area contributed by atoms with Crippen molar-refractivity contribution in [1.29, 1.82) is 0 Å². The summed E-state index contributed by atoms with van der Waals surface area (Å²) in [5.41, 5.74) is 6.62. The molecule has 5 N–H and O–H groups in total. The number of carboxylic acid groups (broad SMARTS) is 1. The number of carbonyl (C=O) groups excluding carboxylic acids is 1. The Bertz CT molecular complexity index is 968. The van der Waals surface area contributed by atoms with Crippen LogP contribution in [0.5, 0.6) is 5.75 Å². The Morgan fingerprint density at radius 2 is 1.85 bits per heavy atom. The summed E-state index contributed by atoms with van der Waals surface area (Å²) in [5, 5.41) is 24.8. The summed E-state index contributed by atoms with van der Waals surface area (Å²) >= 11 is 0. The second-order valence-corrected chi connectivity index (χ2v) is 5.71. The number of hydrogen-bond donors (Lipinski definition) is 4. The summed E-state index contributed by atoms with van der Waals surface area (Å²) in [6.45, 7) is 0. The number of aromatic hydroxyl groups is 1. The molecule has 0 saturated heterocycles. The van der Waals surface area contributed by atoms with Crippen molar-refractivity contribution in [3.8, 4) is 17.1 Å². The number of anilines is 1. The fourth-order valence-electron chi connectivity index (χ4n) is 2.35. The topological polar surface area (TPSA) is 152 Å². The van der Waals surface area contributed by atoms with Gasteiger partial charge in [-0.15, -0.1) is 0 Å². The molecule has 0 unspecified atom stereocenters. The third-order valence-electron chi connectivity index (χ3n) is 3.74. The Balaban J connectivity index is 1.67. The number of nitrogens with zero attached hydrogens (tertiary/aromatic N) is 2. The number of carboxylic acids is 1. The first-order valence-electron chi connectivity index (χ1n) is 7.95. The van der Waals surface area contributed by atoms with Crippen molar-refractivity contribution < 1.29 is 24.3 Å². The molecule has 0 aliphatic carbocycles. The van der Waals surface area contributed by atoms with Crippen LogP contribution < -0.4 is 11.1 Å². The first-order chi connectivity index (χ1) is 12.9. The molecule has 3 aromatic rings. The van der Waals surface area contributed by atoms with Crippen molar-refractivity contribution in [1.82, 2.24) is 10.1 Å². The van der Waals surface area contributed by atoms with Crippen molar-refractivity contribution >= 4 is 17.6 Å². The zero-order valence-electron chi connectivity index (χ0n) is 14.0. The molecule has 0 bridgehead atoms. The highest BCUT2D eigenvalue weighted by Gasteiger charge is 2.20. The van der Waals surface area contributed by atoms with Crippen LogP contribution >= 0.6 is 0 Å². The number of carbonyl (C=O) groups is 2. The molecular weight excluding hydrogens is 352 g/mol. The minimum absolute atomic E-state index is 0.0217. The lowest BCUT2D eigenvalue weighted by Crippen LogP contribution is -2.37. The number of nitrogens with one attached hydrogen (secondary N) is 1. The average molecular weight is 368 g/mol. The molecule has 0 aliphatic rings. The van der Waals surface area contributed by atoms with Gasteiger partial charge in [0.1, 0.15) is 5.75 Å². The van der Waals surface area contributed by atoms with Crippen LogP contribution in [0.4, 0.5) is 5.69 Å². The maximum atomic E-state index is 12.3. The minimum atomic E-state index is -1.16. The van der Waals surface area contributed by atoms with Gasteiger partial charge in [0.05, 0.1) is 23.7 Å². The second-order valence-electron chi connectivity index (χ2n) is 5.71. The maximum absolute atomic E-state index is 12.3. The quantitative estimate of drug-likeness (QED) is 0.512. The SMILES string of the molecule is N[C@H](Cc1nc(-c2ccc(O)cc2)no1)C(=O)Nc1ccccc1C(=O)O. The van der Waals surface area contributed by atoms with Crippen LogP contribution in [-0.2, 0) is 11.2 Å². The van der Waals surface area contributed by atoms with E-state index in [4.69, 9.17) is 15.4 Å². The number of phenolic OH excluding ortho intramolecular Hbond substituents is 1. The Morgan fingerprint density at radius 1 is 1.15 bits per heavy atom. The van der Waals surface area contributed by atoms with Gasteiger partial charge in [0.15, 0.2) is 0 Å². The third kappa shape index (κ3) is 4.28. The Labute approximate surface area is 153 Å². The first kappa shape index (κ1) is 18.1. The molecule has 0 radical (unpaired) electrons. The molecule has 0 saturated carbocycles. The van der Waals surface area contributed by atoms with Crippen molar-refractivity contribution in [2.45, 2.75) is 12.5 Å². The summed E-state index contributed by atoms with van der Waals surface area (Å²) in [6, 6.07) is 11.2. The van der Waals surface area contributed by atoms with Crippen LogP contribution in [0.15, 0.2) is 53.1 Å². The van der Waals surface area contributed by atoms with E-state index in [0.29, 0.717) is 11.4 Å². The Morgan fingerprint density at radius 3 is 2.56 bits per heavy atom. The van der Waals surface area contributed by atoms with Crippen molar-refractivity contribution in [2.75, 3.05) is 5.32 Å². The zero-order chi connectivity index (χ0) is 19.4. The van der Waals surface area contributed by atoms with Gasteiger partial charge in [-0.1, -0.05) is 17.3 Å². The highest BCUT2D eigenvalue weighted by Crippen LogP contribution is 2.19. The standard InChI is InChI=1S/C18H16N4O5/c19-13(17(24)20-14-4-2-1-3-12(14)18(25)26)9-15-21-16(22-27-15)10-5-7-11(23)8-6-10/h1-8,13,23H,9,19H2,(H,20,24)(H,25,26)/t13-/m1/s1. The summed E-state index contributed by atoms with van der Waals surface area (Å²) < 4.78 is 5.10. The number of phenols is 1. The van der Waals surface area contributed by atoms with E-state index in [1.807, 2.05) is 0 Å². The number of rotatable bonds is 6. The van der Waals surface area contributed by atoms with Crippen LogP contribution in [0.1, 0.15) is 16.2 Å². The smallest absolute Gasteiger partial charge is 0.337 e.